The molecule has 3 rings (SSSR count). The van der Waals surface area contributed by atoms with Crippen LogP contribution in [0.5, 0.6) is 17.2 Å². The molecule has 1 saturated carbocycles. The van der Waals surface area contributed by atoms with Gasteiger partial charge in [0.15, 0.2) is 11.5 Å². The van der Waals surface area contributed by atoms with E-state index in [2.05, 4.69) is 6.07 Å². The Morgan fingerprint density at radius 1 is 1.10 bits per heavy atom. The average molecular weight is 277 g/mol. The Morgan fingerprint density at radius 3 is 2.35 bits per heavy atom. The number of nitrogens with two attached hydrogens (primary N) is 1. The minimum atomic E-state index is 0.0272. The second-order valence-corrected chi connectivity index (χ2v) is 5.74. The van der Waals surface area contributed by atoms with Crippen LogP contribution in [-0.2, 0) is 5.41 Å². The van der Waals surface area contributed by atoms with E-state index in [1.807, 2.05) is 6.07 Å². The van der Waals surface area contributed by atoms with E-state index in [0.717, 1.165) is 30.1 Å². The normalized spacial score (nSPS) is 20.5. The lowest BCUT2D eigenvalue weighted by Crippen LogP contribution is -2.37. The quantitative estimate of drug-likeness (QED) is 0.922. The highest BCUT2D eigenvalue weighted by Crippen LogP contribution is 2.47. The number of rotatable bonds is 3. The van der Waals surface area contributed by atoms with Crippen LogP contribution in [0, 0.1) is 0 Å². The molecule has 2 N–H and O–H groups in total. The van der Waals surface area contributed by atoms with Crippen LogP contribution >= 0.6 is 0 Å². The number of benzene rings is 1. The molecule has 0 bridgehead atoms. The van der Waals surface area contributed by atoms with Crippen molar-refractivity contribution < 1.29 is 14.2 Å². The zero-order valence-corrected chi connectivity index (χ0v) is 12.1. The van der Waals surface area contributed by atoms with Crippen molar-refractivity contribution in [2.75, 3.05) is 26.9 Å². The molecule has 0 radical (unpaired) electrons. The van der Waals surface area contributed by atoms with Crippen molar-refractivity contribution in [1.29, 1.82) is 0 Å². The maximum Gasteiger partial charge on any atom is 0.165 e. The first kappa shape index (κ1) is 13.6. The van der Waals surface area contributed by atoms with Crippen LogP contribution in [0.1, 0.15) is 37.7 Å². The fourth-order valence-electron chi connectivity index (χ4n) is 3.47. The first-order chi connectivity index (χ1) is 9.79. The van der Waals surface area contributed by atoms with E-state index in [-0.39, 0.29) is 5.41 Å². The van der Waals surface area contributed by atoms with Gasteiger partial charge in [-0.2, -0.15) is 0 Å². The molecule has 2 aliphatic rings. The Hall–Kier alpha value is -1.42. The summed E-state index contributed by atoms with van der Waals surface area (Å²) < 4.78 is 17.0. The summed E-state index contributed by atoms with van der Waals surface area (Å²) in [7, 11) is 1.71. The summed E-state index contributed by atoms with van der Waals surface area (Å²) in [6.07, 6.45) is 6.01. The lowest BCUT2D eigenvalue weighted by atomic mass is 9.69. The Morgan fingerprint density at radius 2 is 1.75 bits per heavy atom. The van der Waals surface area contributed by atoms with Crippen LogP contribution in [0.15, 0.2) is 12.1 Å². The highest BCUT2D eigenvalue weighted by Gasteiger charge is 2.36. The van der Waals surface area contributed by atoms with Crippen LogP contribution in [-0.4, -0.2) is 26.9 Å². The first-order valence-electron chi connectivity index (χ1n) is 7.47. The van der Waals surface area contributed by atoms with Gasteiger partial charge in [0, 0.05) is 23.6 Å². The Balaban J connectivity index is 2.06. The third-order valence-corrected chi connectivity index (χ3v) is 4.64. The van der Waals surface area contributed by atoms with Crippen LogP contribution in [0.4, 0.5) is 0 Å². The van der Waals surface area contributed by atoms with Crippen molar-refractivity contribution in [1.82, 2.24) is 0 Å². The van der Waals surface area contributed by atoms with E-state index >= 15 is 0 Å². The summed E-state index contributed by atoms with van der Waals surface area (Å²) in [5.41, 5.74) is 7.36. The van der Waals surface area contributed by atoms with Gasteiger partial charge >= 0.3 is 0 Å². The van der Waals surface area contributed by atoms with Crippen LogP contribution in [0.2, 0.25) is 0 Å². The number of hydrogen-bond acceptors (Lipinski definition) is 4. The highest BCUT2D eigenvalue weighted by atomic mass is 16.6. The predicted molar refractivity (Wildman–Crippen MR) is 77.8 cm³/mol. The van der Waals surface area contributed by atoms with E-state index < -0.39 is 0 Å². The maximum absolute atomic E-state index is 6.14. The summed E-state index contributed by atoms with van der Waals surface area (Å²) >= 11 is 0. The van der Waals surface area contributed by atoms with Gasteiger partial charge in [-0.1, -0.05) is 19.3 Å². The molecule has 0 amide bonds. The van der Waals surface area contributed by atoms with Gasteiger partial charge in [0.2, 0.25) is 0 Å². The summed E-state index contributed by atoms with van der Waals surface area (Å²) in [4.78, 5) is 0. The number of methoxy groups -OCH3 is 1. The van der Waals surface area contributed by atoms with Gasteiger partial charge in [0.1, 0.15) is 19.0 Å². The molecule has 110 valence electrons. The zero-order valence-electron chi connectivity index (χ0n) is 12.1. The van der Waals surface area contributed by atoms with Gasteiger partial charge in [0.25, 0.3) is 0 Å². The van der Waals surface area contributed by atoms with Crippen LogP contribution in [0.25, 0.3) is 0 Å². The molecule has 0 spiro atoms. The van der Waals surface area contributed by atoms with Crippen molar-refractivity contribution in [2.45, 2.75) is 37.5 Å². The summed E-state index contributed by atoms with van der Waals surface area (Å²) in [6, 6.07) is 4.04. The lowest BCUT2D eigenvalue weighted by molar-refractivity contribution is 0.169. The fourth-order valence-corrected chi connectivity index (χ4v) is 3.47. The fraction of sp³-hybridized carbons (Fsp3) is 0.625. The predicted octanol–water partition coefficient (Wildman–Crippen LogP) is 2.63. The smallest absolute Gasteiger partial charge is 0.165 e. The molecule has 0 atom stereocenters. The molecule has 1 aromatic rings. The molecule has 4 heteroatoms. The number of hydrogen-bond donors (Lipinski definition) is 1. The number of ether oxygens (including phenoxy) is 3. The van der Waals surface area contributed by atoms with Gasteiger partial charge < -0.3 is 19.9 Å². The zero-order chi connectivity index (χ0) is 14.0. The number of fused-ring (bicyclic) bond motifs is 1. The molecule has 1 heterocycles. The minimum Gasteiger partial charge on any atom is -0.496 e. The largest absolute Gasteiger partial charge is 0.496 e. The van der Waals surface area contributed by atoms with Crippen molar-refractivity contribution >= 4 is 0 Å². The monoisotopic (exact) mass is 277 g/mol. The molecule has 0 unspecified atom stereocenters. The van der Waals surface area contributed by atoms with Crippen molar-refractivity contribution in [3.05, 3.63) is 17.7 Å². The standard InChI is InChI=1S/C16H23NO3/c1-18-13-10-15-14(19-7-8-20-15)9-12(13)16(11-17)5-3-2-4-6-16/h9-10H,2-8,11,17H2,1H3. The topological polar surface area (TPSA) is 53.7 Å². The summed E-state index contributed by atoms with van der Waals surface area (Å²) in [5, 5.41) is 0. The summed E-state index contributed by atoms with van der Waals surface area (Å²) in [6.45, 7) is 1.86. The van der Waals surface area contributed by atoms with E-state index in [1.165, 1.54) is 24.8 Å². The van der Waals surface area contributed by atoms with E-state index in [4.69, 9.17) is 19.9 Å². The molecule has 4 nitrogen and oxygen atoms in total. The van der Waals surface area contributed by atoms with Gasteiger partial charge in [-0.05, 0) is 18.9 Å². The van der Waals surface area contributed by atoms with Crippen molar-refractivity contribution in [3.8, 4) is 17.2 Å². The highest BCUT2D eigenvalue weighted by molar-refractivity contribution is 5.54. The first-order valence-corrected chi connectivity index (χ1v) is 7.47. The SMILES string of the molecule is COc1cc2c(cc1C1(CN)CCCCC1)OCCO2. The van der Waals surface area contributed by atoms with E-state index in [9.17, 15) is 0 Å². The molecule has 1 aliphatic carbocycles. The van der Waals surface area contributed by atoms with E-state index in [0.29, 0.717) is 19.8 Å². The molecule has 0 aromatic heterocycles. The molecule has 1 aliphatic heterocycles. The Labute approximate surface area is 120 Å². The average Bonchev–Trinajstić information content (AvgIpc) is 2.54. The third-order valence-electron chi connectivity index (χ3n) is 4.64. The molecule has 1 fully saturated rings. The van der Waals surface area contributed by atoms with Crippen molar-refractivity contribution in [3.63, 3.8) is 0 Å². The summed E-state index contributed by atoms with van der Waals surface area (Å²) in [5.74, 6) is 2.48. The molecular weight excluding hydrogens is 254 g/mol. The van der Waals surface area contributed by atoms with Crippen LogP contribution in [0.3, 0.4) is 0 Å². The van der Waals surface area contributed by atoms with Gasteiger partial charge in [-0.25, -0.2) is 0 Å². The van der Waals surface area contributed by atoms with Gasteiger partial charge in [-0.3, -0.25) is 0 Å². The molecule has 20 heavy (non-hydrogen) atoms. The van der Waals surface area contributed by atoms with Gasteiger partial charge in [0.05, 0.1) is 7.11 Å². The Kier molecular flexibility index (Phi) is 3.74. The third kappa shape index (κ3) is 2.22. The second kappa shape index (κ2) is 5.52. The molecule has 0 saturated heterocycles. The molecular formula is C16H23NO3. The van der Waals surface area contributed by atoms with Crippen molar-refractivity contribution in [2.24, 2.45) is 5.73 Å². The van der Waals surface area contributed by atoms with Crippen LogP contribution < -0.4 is 19.9 Å². The Bertz CT molecular complexity index is 481. The lowest BCUT2D eigenvalue weighted by Gasteiger charge is -2.38. The van der Waals surface area contributed by atoms with E-state index in [1.54, 1.807) is 7.11 Å². The van der Waals surface area contributed by atoms with Gasteiger partial charge in [-0.15, -0.1) is 0 Å². The second-order valence-electron chi connectivity index (χ2n) is 5.74. The maximum atomic E-state index is 6.14. The molecule has 1 aromatic carbocycles. The minimum absolute atomic E-state index is 0.0272.